The van der Waals surface area contributed by atoms with Crippen LogP contribution in [0.15, 0.2) is 22.7 Å². The van der Waals surface area contributed by atoms with Crippen molar-refractivity contribution in [3.63, 3.8) is 0 Å². The molecular weight excluding hydrogens is 285 g/mol. The van der Waals surface area contributed by atoms with Crippen LogP contribution >= 0.6 is 23.2 Å². The lowest BCUT2D eigenvalue weighted by Crippen LogP contribution is -1.93. The predicted octanol–water partition coefficient (Wildman–Crippen LogP) is 4.27. The van der Waals surface area contributed by atoms with Gasteiger partial charge < -0.3 is 9.32 Å². The van der Waals surface area contributed by atoms with Crippen LogP contribution in [0.3, 0.4) is 0 Å². The SMILES string of the molecule is O=CCc1c(-c2c(Cl)cccc2Cl)noc1C1CC1. The molecule has 0 radical (unpaired) electrons. The lowest BCUT2D eigenvalue weighted by molar-refractivity contribution is -0.107. The number of halogens is 2. The van der Waals surface area contributed by atoms with Crippen LogP contribution in [0.25, 0.3) is 11.3 Å². The largest absolute Gasteiger partial charge is 0.360 e. The van der Waals surface area contributed by atoms with Gasteiger partial charge in [0, 0.05) is 23.5 Å². The van der Waals surface area contributed by atoms with Gasteiger partial charge in [-0.1, -0.05) is 34.4 Å². The first-order chi connectivity index (χ1) is 9.22. The molecule has 0 N–H and O–H groups in total. The molecule has 3 rings (SSSR count). The molecule has 5 heteroatoms. The first-order valence-corrected chi connectivity index (χ1v) is 6.84. The first-order valence-electron chi connectivity index (χ1n) is 6.08. The molecule has 1 aliphatic rings. The number of hydrogen-bond donors (Lipinski definition) is 0. The quantitative estimate of drug-likeness (QED) is 0.791. The highest BCUT2D eigenvalue weighted by atomic mass is 35.5. The number of nitrogens with zero attached hydrogens (tertiary/aromatic N) is 1. The summed E-state index contributed by atoms with van der Waals surface area (Å²) in [5.74, 6) is 1.19. The Balaban J connectivity index is 2.16. The van der Waals surface area contributed by atoms with Gasteiger partial charge in [0.25, 0.3) is 0 Å². The lowest BCUT2D eigenvalue weighted by Gasteiger charge is -2.05. The van der Waals surface area contributed by atoms with Gasteiger partial charge in [-0.05, 0) is 25.0 Å². The summed E-state index contributed by atoms with van der Waals surface area (Å²) in [4.78, 5) is 10.9. The van der Waals surface area contributed by atoms with E-state index in [1.165, 1.54) is 0 Å². The lowest BCUT2D eigenvalue weighted by atomic mass is 10.0. The topological polar surface area (TPSA) is 43.1 Å². The molecule has 98 valence electrons. The monoisotopic (exact) mass is 295 g/mol. The van der Waals surface area contributed by atoms with Gasteiger partial charge in [0.2, 0.25) is 0 Å². The van der Waals surface area contributed by atoms with Crippen molar-refractivity contribution in [2.24, 2.45) is 0 Å². The Bertz CT molecular complexity index is 612. The Morgan fingerprint density at radius 1 is 1.32 bits per heavy atom. The molecule has 0 aliphatic heterocycles. The summed E-state index contributed by atoms with van der Waals surface area (Å²) in [6, 6.07) is 5.27. The van der Waals surface area contributed by atoms with Gasteiger partial charge in [0.05, 0.1) is 10.0 Å². The average Bonchev–Trinajstić information content (AvgIpc) is 3.14. The molecule has 1 heterocycles. The van der Waals surface area contributed by atoms with Crippen molar-refractivity contribution >= 4 is 29.5 Å². The molecule has 0 spiro atoms. The second kappa shape index (κ2) is 4.99. The van der Waals surface area contributed by atoms with E-state index < -0.39 is 0 Å². The molecule has 0 unspecified atom stereocenters. The Labute approximate surface area is 120 Å². The van der Waals surface area contributed by atoms with Crippen molar-refractivity contribution in [2.45, 2.75) is 25.2 Å². The van der Waals surface area contributed by atoms with Crippen molar-refractivity contribution in [3.8, 4) is 11.3 Å². The summed E-state index contributed by atoms with van der Waals surface area (Å²) >= 11 is 12.4. The molecule has 1 aromatic heterocycles. The fourth-order valence-electron chi connectivity index (χ4n) is 2.19. The molecule has 1 fully saturated rings. The van der Waals surface area contributed by atoms with Gasteiger partial charge in [-0.25, -0.2) is 0 Å². The minimum atomic E-state index is 0.270. The second-order valence-corrected chi connectivity index (χ2v) is 5.43. The zero-order chi connectivity index (χ0) is 13.4. The Kier molecular flexibility index (Phi) is 3.33. The van der Waals surface area contributed by atoms with E-state index in [9.17, 15) is 4.79 Å². The van der Waals surface area contributed by atoms with Gasteiger partial charge >= 0.3 is 0 Å². The summed E-state index contributed by atoms with van der Waals surface area (Å²) < 4.78 is 5.41. The zero-order valence-corrected chi connectivity index (χ0v) is 11.5. The second-order valence-electron chi connectivity index (χ2n) is 4.62. The van der Waals surface area contributed by atoms with Gasteiger partial charge in [0.15, 0.2) is 0 Å². The van der Waals surface area contributed by atoms with Crippen LogP contribution in [-0.4, -0.2) is 11.4 Å². The molecule has 1 saturated carbocycles. The molecule has 0 saturated heterocycles. The molecule has 3 nitrogen and oxygen atoms in total. The fraction of sp³-hybridized carbons (Fsp3) is 0.286. The van der Waals surface area contributed by atoms with Crippen molar-refractivity contribution < 1.29 is 9.32 Å². The summed E-state index contributed by atoms with van der Waals surface area (Å²) in [6.45, 7) is 0. The summed E-state index contributed by atoms with van der Waals surface area (Å²) in [5, 5.41) is 5.10. The smallest absolute Gasteiger partial charge is 0.144 e. The van der Waals surface area contributed by atoms with E-state index in [0.29, 0.717) is 27.2 Å². The molecule has 1 aromatic carbocycles. The maximum absolute atomic E-state index is 10.9. The van der Waals surface area contributed by atoms with E-state index in [0.717, 1.165) is 30.5 Å². The van der Waals surface area contributed by atoms with Crippen LogP contribution in [0.1, 0.15) is 30.1 Å². The van der Waals surface area contributed by atoms with Crippen LogP contribution < -0.4 is 0 Å². The Hall–Kier alpha value is -1.32. The van der Waals surface area contributed by atoms with Gasteiger partial charge in [-0.2, -0.15) is 0 Å². The molecule has 2 aromatic rings. The molecule has 0 bridgehead atoms. The summed E-state index contributed by atoms with van der Waals surface area (Å²) in [7, 11) is 0. The van der Waals surface area contributed by atoms with Crippen molar-refractivity contribution in [2.75, 3.05) is 0 Å². The number of carbonyl (C=O) groups excluding carboxylic acids is 1. The average molecular weight is 296 g/mol. The third kappa shape index (κ3) is 2.28. The third-order valence-corrected chi connectivity index (χ3v) is 3.88. The van der Waals surface area contributed by atoms with Crippen LogP contribution in [0.5, 0.6) is 0 Å². The van der Waals surface area contributed by atoms with Crippen LogP contribution in [-0.2, 0) is 11.2 Å². The highest BCUT2D eigenvalue weighted by Crippen LogP contribution is 2.45. The normalized spacial score (nSPS) is 14.6. The number of carbonyl (C=O) groups is 1. The van der Waals surface area contributed by atoms with Gasteiger partial charge in [-0.15, -0.1) is 0 Å². The number of aromatic nitrogens is 1. The van der Waals surface area contributed by atoms with E-state index in [1.54, 1.807) is 18.2 Å². The fourth-order valence-corrected chi connectivity index (χ4v) is 2.77. The standard InChI is InChI=1S/C14H11Cl2NO2/c15-10-2-1-3-11(16)12(10)13-9(6-7-18)14(19-17-13)8-4-5-8/h1-3,7-8H,4-6H2. The minimum Gasteiger partial charge on any atom is -0.360 e. The maximum atomic E-state index is 10.9. The van der Waals surface area contributed by atoms with E-state index in [-0.39, 0.29) is 6.42 Å². The van der Waals surface area contributed by atoms with Gasteiger partial charge in [-0.3, -0.25) is 0 Å². The highest BCUT2D eigenvalue weighted by Gasteiger charge is 2.33. The van der Waals surface area contributed by atoms with Crippen LogP contribution in [0, 0.1) is 0 Å². The first kappa shape index (κ1) is 12.7. The van der Waals surface area contributed by atoms with E-state index >= 15 is 0 Å². The minimum absolute atomic E-state index is 0.270. The zero-order valence-electron chi connectivity index (χ0n) is 10.0. The van der Waals surface area contributed by atoms with Crippen molar-refractivity contribution in [3.05, 3.63) is 39.6 Å². The highest BCUT2D eigenvalue weighted by molar-refractivity contribution is 6.39. The number of rotatable bonds is 4. The van der Waals surface area contributed by atoms with E-state index in [2.05, 4.69) is 5.16 Å². The molecule has 0 amide bonds. The molecule has 1 aliphatic carbocycles. The Morgan fingerprint density at radius 2 is 2.00 bits per heavy atom. The van der Waals surface area contributed by atoms with E-state index in [1.807, 2.05) is 0 Å². The number of hydrogen-bond acceptors (Lipinski definition) is 3. The molecule has 0 atom stereocenters. The third-order valence-electron chi connectivity index (χ3n) is 3.25. The summed E-state index contributed by atoms with van der Waals surface area (Å²) in [6.07, 6.45) is 3.28. The van der Waals surface area contributed by atoms with Crippen LogP contribution in [0.2, 0.25) is 10.0 Å². The van der Waals surface area contributed by atoms with Gasteiger partial charge in [0.1, 0.15) is 17.7 Å². The molecule has 19 heavy (non-hydrogen) atoms. The Morgan fingerprint density at radius 3 is 2.58 bits per heavy atom. The maximum Gasteiger partial charge on any atom is 0.144 e. The summed E-state index contributed by atoms with van der Waals surface area (Å²) in [5.41, 5.74) is 2.04. The van der Waals surface area contributed by atoms with Crippen molar-refractivity contribution in [1.82, 2.24) is 5.16 Å². The van der Waals surface area contributed by atoms with Crippen molar-refractivity contribution in [1.29, 1.82) is 0 Å². The number of benzene rings is 1. The van der Waals surface area contributed by atoms with Crippen LogP contribution in [0.4, 0.5) is 0 Å². The predicted molar refractivity (Wildman–Crippen MR) is 73.7 cm³/mol. The molecular formula is C14H11Cl2NO2. The number of aldehydes is 1. The van der Waals surface area contributed by atoms with E-state index in [4.69, 9.17) is 27.7 Å².